The monoisotopic (exact) mass is 398 g/mol. The number of piperidine rings is 1. The molecule has 2 amide bonds. The number of hydrogen-bond donors (Lipinski definition) is 1. The van der Waals surface area contributed by atoms with E-state index in [2.05, 4.69) is 35.7 Å². The smallest absolute Gasteiger partial charge is 0.251 e. The van der Waals surface area contributed by atoms with Crippen LogP contribution < -0.4 is 5.73 Å². The number of ether oxygens (including phenoxy) is 1. The Kier molecular flexibility index (Phi) is 5.51. The molecule has 2 N–H and O–H groups in total. The highest BCUT2D eigenvalue weighted by Gasteiger charge is 2.42. The van der Waals surface area contributed by atoms with E-state index in [-0.39, 0.29) is 17.9 Å². The van der Waals surface area contributed by atoms with Gasteiger partial charge >= 0.3 is 0 Å². The third-order valence-corrected chi connectivity index (χ3v) is 6.98. The lowest BCUT2D eigenvalue weighted by molar-refractivity contribution is -0.146. The first kappa shape index (κ1) is 19.2. The van der Waals surface area contributed by atoms with Crippen molar-refractivity contribution in [1.29, 1.82) is 0 Å². The number of benzene rings is 1. The van der Waals surface area contributed by atoms with E-state index in [0.29, 0.717) is 39.0 Å². The lowest BCUT2D eigenvalue weighted by Gasteiger charge is -2.40. The summed E-state index contributed by atoms with van der Waals surface area (Å²) in [6.45, 7) is 1.79. The normalized spacial score (nSPS) is 21.6. The van der Waals surface area contributed by atoms with E-state index in [4.69, 9.17) is 10.5 Å². The molecule has 6 heteroatoms. The standard InChI is InChI=1S/C22H26N2O3S/c23-21(26)22(9-11-24(12-10-22)20(25)18-3-1-13-27-18)15-16-5-7-17(8-6-16)19-4-2-14-28-19/h2,4-8,14,18H,1,3,9-13,15H2,(H2,23,26). The van der Waals surface area contributed by atoms with Gasteiger partial charge in [-0.25, -0.2) is 0 Å². The molecule has 0 spiro atoms. The summed E-state index contributed by atoms with van der Waals surface area (Å²) < 4.78 is 5.52. The van der Waals surface area contributed by atoms with Gasteiger partial charge in [0, 0.05) is 24.6 Å². The van der Waals surface area contributed by atoms with Crippen LogP contribution in [-0.2, 0) is 20.7 Å². The van der Waals surface area contributed by atoms with Crippen LogP contribution in [0.2, 0.25) is 0 Å². The summed E-state index contributed by atoms with van der Waals surface area (Å²) in [7, 11) is 0. The predicted octanol–water partition coefficient (Wildman–Crippen LogP) is 3.23. The van der Waals surface area contributed by atoms with Gasteiger partial charge in [0.05, 0.1) is 5.41 Å². The van der Waals surface area contributed by atoms with E-state index in [0.717, 1.165) is 18.4 Å². The molecule has 148 valence electrons. The molecule has 2 aliphatic rings. The molecule has 2 fully saturated rings. The van der Waals surface area contributed by atoms with Crippen LogP contribution in [-0.4, -0.2) is 42.5 Å². The molecular weight excluding hydrogens is 372 g/mol. The van der Waals surface area contributed by atoms with Gasteiger partial charge < -0.3 is 15.4 Å². The van der Waals surface area contributed by atoms with Gasteiger partial charge in [0.1, 0.15) is 6.10 Å². The number of thiophene rings is 1. The van der Waals surface area contributed by atoms with Crippen molar-refractivity contribution in [2.45, 2.75) is 38.2 Å². The van der Waals surface area contributed by atoms with Crippen molar-refractivity contribution in [1.82, 2.24) is 4.90 Å². The molecule has 1 unspecified atom stereocenters. The van der Waals surface area contributed by atoms with Crippen molar-refractivity contribution < 1.29 is 14.3 Å². The maximum Gasteiger partial charge on any atom is 0.251 e. The second-order valence-electron chi connectivity index (χ2n) is 7.82. The number of carbonyl (C=O) groups is 2. The molecule has 2 aliphatic heterocycles. The molecule has 2 saturated heterocycles. The average Bonchev–Trinajstić information content (AvgIpc) is 3.43. The molecule has 0 radical (unpaired) electrons. The summed E-state index contributed by atoms with van der Waals surface area (Å²) in [5.41, 5.74) is 7.54. The van der Waals surface area contributed by atoms with E-state index in [1.807, 2.05) is 11.0 Å². The molecule has 1 atom stereocenters. The molecule has 5 nitrogen and oxygen atoms in total. The number of carbonyl (C=O) groups excluding carboxylic acids is 2. The Bertz CT molecular complexity index is 818. The summed E-state index contributed by atoms with van der Waals surface area (Å²) in [6, 6.07) is 12.5. The van der Waals surface area contributed by atoms with Crippen LogP contribution in [0.1, 0.15) is 31.2 Å². The summed E-state index contributed by atoms with van der Waals surface area (Å²) in [5.74, 6) is -0.199. The summed E-state index contributed by atoms with van der Waals surface area (Å²) in [6.07, 6.45) is 3.27. The van der Waals surface area contributed by atoms with Gasteiger partial charge in [-0.1, -0.05) is 30.3 Å². The topological polar surface area (TPSA) is 72.6 Å². The number of likely N-dealkylation sites (tertiary alicyclic amines) is 1. The van der Waals surface area contributed by atoms with E-state index >= 15 is 0 Å². The second kappa shape index (κ2) is 8.05. The van der Waals surface area contributed by atoms with Crippen LogP contribution in [0.5, 0.6) is 0 Å². The highest BCUT2D eigenvalue weighted by molar-refractivity contribution is 7.13. The third-order valence-electron chi connectivity index (χ3n) is 6.06. The minimum absolute atomic E-state index is 0.0656. The fourth-order valence-corrected chi connectivity index (χ4v) is 4.99. The summed E-state index contributed by atoms with van der Waals surface area (Å²) in [4.78, 5) is 28.0. The molecule has 2 aromatic rings. The van der Waals surface area contributed by atoms with Crippen LogP contribution >= 0.6 is 11.3 Å². The molecule has 0 bridgehead atoms. The number of hydrogen-bond acceptors (Lipinski definition) is 4. The van der Waals surface area contributed by atoms with Crippen molar-refractivity contribution in [3.8, 4) is 10.4 Å². The van der Waals surface area contributed by atoms with E-state index in [1.54, 1.807) is 11.3 Å². The predicted molar refractivity (Wildman–Crippen MR) is 110 cm³/mol. The minimum Gasteiger partial charge on any atom is -0.369 e. The van der Waals surface area contributed by atoms with Crippen LogP contribution in [0.4, 0.5) is 0 Å². The first-order valence-corrected chi connectivity index (χ1v) is 10.8. The largest absolute Gasteiger partial charge is 0.369 e. The van der Waals surface area contributed by atoms with Gasteiger partial charge in [0.25, 0.3) is 5.91 Å². The van der Waals surface area contributed by atoms with Gasteiger partial charge in [-0.3, -0.25) is 9.59 Å². The minimum atomic E-state index is -0.586. The maximum absolute atomic E-state index is 12.6. The fourth-order valence-electron chi connectivity index (χ4n) is 4.26. The Hall–Kier alpha value is -2.18. The lowest BCUT2D eigenvalue weighted by Crippen LogP contribution is -2.51. The Morgan fingerprint density at radius 2 is 1.93 bits per heavy atom. The Balaban J connectivity index is 1.43. The zero-order chi connectivity index (χ0) is 19.6. The molecule has 1 aromatic heterocycles. The summed E-state index contributed by atoms with van der Waals surface area (Å²) in [5, 5.41) is 2.07. The number of nitrogens with zero attached hydrogens (tertiary/aromatic N) is 1. The zero-order valence-electron chi connectivity index (χ0n) is 15.9. The lowest BCUT2D eigenvalue weighted by atomic mass is 9.73. The van der Waals surface area contributed by atoms with E-state index < -0.39 is 5.41 Å². The maximum atomic E-state index is 12.6. The van der Waals surface area contributed by atoms with Crippen LogP contribution in [0, 0.1) is 5.41 Å². The SMILES string of the molecule is NC(=O)C1(Cc2ccc(-c3cccs3)cc2)CCN(C(=O)C2CCCO2)CC1. The van der Waals surface area contributed by atoms with E-state index in [9.17, 15) is 9.59 Å². The number of amides is 2. The van der Waals surface area contributed by atoms with Crippen LogP contribution in [0.25, 0.3) is 10.4 Å². The molecular formula is C22H26N2O3S. The Labute approximate surface area is 169 Å². The van der Waals surface area contributed by atoms with Crippen molar-refractivity contribution in [3.63, 3.8) is 0 Å². The van der Waals surface area contributed by atoms with Crippen molar-refractivity contribution in [2.24, 2.45) is 11.1 Å². The third kappa shape index (κ3) is 3.84. The number of rotatable bonds is 5. The van der Waals surface area contributed by atoms with Gasteiger partial charge in [0.2, 0.25) is 5.91 Å². The zero-order valence-corrected chi connectivity index (χ0v) is 16.7. The average molecular weight is 399 g/mol. The molecule has 4 rings (SSSR count). The first-order chi connectivity index (χ1) is 13.6. The summed E-state index contributed by atoms with van der Waals surface area (Å²) >= 11 is 1.71. The number of nitrogens with two attached hydrogens (primary N) is 1. The van der Waals surface area contributed by atoms with Crippen LogP contribution in [0.15, 0.2) is 41.8 Å². The number of primary amides is 1. The van der Waals surface area contributed by atoms with Crippen LogP contribution in [0.3, 0.4) is 0 Å². The Morgan fingerprint density at radius 3 is 2.50 bits per heavy atom. The molecule has 0 saturated carbocycles. The van der Waals surface area contributed by atoms with Gasteiger partial charge in [-0.2, -0.15) is 0 Å². The highest BCUT2D eigenvalue weighted by atomic mass is 32.1. The highest BCUT2D eigenvalue weighted by Crippen LogP contribution is 2.36. The van der Waals surface area contributed by atoms with E-state index in [1.165, 1.54) is 10.4 Å². The molecule has 3 heterocycles. The fraction of sp³-hybridized carbons (Fsp3) is 0.455. The Morgan fingerprint density at radius 1 is 1.18 bits per heavy atom. The second-order valence-corrected chi connectivity index (χ2v) is 8.77. The quantitative estimate of drug-likeness (QED) is 0.840. The molecule has 0 aliphatic carbocycles. The molecule has 28 heavy (non-hydrogen) atoms. The van der Waals surface area contributed by atoms with Crippen molar-refractivity contribution in [2.75, 3.05) is 19.7 Å². The van der Waals surface area contributed by atoms with Crippen molar-refractivity contribution >= 4 is 23.2 Å². The first-order valence-electron chi connectivity index (χ1n) is 9.91. The van der Waals surface area contributed by atoms with Gasteiger partial charge in [-0.05, 0) is 54.7 Å². The molecule has 1 aromatic carbocycles. The van der Waals surface area contributed by atoms with Crippen molar-refractivity contribution in [3.05, 3.63) is 47.3 Å². The van der Waals surface area contributed by atoms with Gasteiger partial charge in [0.15, 0.2) is 0 Å². The van der Waals surface area contributed by atoms with Gasteiger partial charge in [-0.15, -0.1) is 11.3 Å².